The molecule has 2 aromatic carbocycles. The van der Waals surface area contributed by atoms with E-state index in [0.717, 1.165) is 5.56 Å². The summed E-state index contributed by atoms with van der Waals surface area (Å²) in [5, 5.41) is 5.30. The molecule has 11 N–H and O–H groups in total. The zero-order valence-corrected chi connectivity index (χ0v) is 25.7. The third-order valence-electron chi connectivity index (χ3n) is 6.72. The van der Waals surface area contributed by atoms with Crippen molar-refractivity contribution in [3.63, 3.8) is 0 Å². The topological polar surface area (TPSA) is 238 Å². The summed E-state index contributed by atoms with van der Waals surface area (Å²) in [6.07, 6.45) is 1.57. The molecule has 43 heavy (non-hydrogen) atoms. The van der Waals surface area contributed by atoms with E-state index in [2.05, 4.69) is 20.3 Å². The predicted octanol–water partition coefficient (Wildman–Crippen LogP) is 0.269. The van der Waals surface area contributed by atoms with Gasteiger partial charge < -0.3 is 33.6 Å². The van der Waals surface area contributed by atoms with Gasteiger partial charge in [0.15, 0.2) is 5.96 Å². The smallest absolute Gasteiger partial charge is 0.244 e. The number of hydrogen-bond acceptors (Lipinski definition) is 7. The lowest BCUT2D eigenvalue weighted by Gasteiger charge is -2.25. The Labute approximate surface area is 253 Å². The van der Waals surface area contributed by atoms with Crippen LogP contribution in [0.3, 0.4) is 0 Å². The maximum absolute atomic E-state index is 13.6. The third kappa shape index (κ3) is 11.0. The van der Waals surface area contributed by atoms with Gasteiger partial charge in [-0.05, 0) is 76.1 Å². The lowest BCUT2D eigenvalue weighted by atomic mass is 10.0. The molecular formula is C29H44N8O5S. The van der Waals surface area contributed by atoms with Crippen LogP contribution in [-0.4, -0.2) is 57.3 Å². The summed E-state index contributed by atoms with van der Waals surface area (Å²) in [4.78, 5) is 43.2. The van der Waals surface area contributed by atoms with Gasteiger partial charge in [0.05, 0.1) is 4.90 Å². The first-order valence-electron chi connectivity index (χ1n) is 14.1. The summed E-state index contributed by atoms with van der Waals surface area (Å²) in [5.74, 6) is -2.28. The number of nitrogens with one attached hydrogen (secondary N) is 3. The summed E-state index contributed by atoms with van der Waals surface area (Å²) in [5.41, 5.74) is 24.4. The first-order valence-corrected chi connectivity index (χ1v) is 15.6. The van der Waals surface area contributed by atoms with Crippen molar-refractivity contribution in [2.24, 2.45) is 27.9 Å². The zero-order valence-electron chi connectivity index (χ0n) is 24.9. The number of primary amides is 1. The van der Waals surface area contributed by atoms with E-state index in [0.29, 0.717) is 36.1 Å². The summed E-state index contributed by atoms with van der Waals surface area (Å²) in [6, 6.07) is 8.45. The van der Waals surface area contributed by atoms with Crippen molar-refractivity contribution >= 4 is 33.7 Å². The van der Waals surface area contributed by atoms with Crippen molar-refractivity contribution in [2.75, 3.05) is 13.1 Å². The number of aliphatic imine (C=N–C) groups is 1. The highest BCUT2D eigenvalue weighted by Gasteiger charge is 2.32. The number of hydrogen-bond donors (Lipinski definition) is 7. The molecule has 0 saturated carbocycles. The molecule has 0 bridgehead atoms. The van der Waals surface area contributed by atoms with Crippen molar-refractivity contribution in [3.8, 4) is 0 Å². The molecule has 0 aromatic heterocycles. The van der Waals surface area contributed by atoms with Gasteiger partial charge in [-0.3, -0.25) is 19.4 Å². The van der Waals surface area contributed by atoms with Gasteiger partial charge in [-0.2, -0.15) is 4.72 Å². The minimum absolute atomic E-state index is 0.0386. The molecule has 0 aliphatic heterocycles. The molecule has 0 aliphatic rings. The van der Waals surface area contributed by atoms with Crippen LogP contribution in [0.2, 0.25) is 0 Å². The second-order valence-corrected chi connectivity index (χ2v) is 12.1. The number of nitrogens with zero attached hydrogens (tertiary/aromatic N) is 1. The molecule has 0 heterocycles. The largest absolute Gasteiger partial charge is 0.370 e. The average molecular weight is 617 g/mol. The maximum atomic E-state index is 13.6. The van der Waals surface area contributed by atoms with E-state index in [4.69, 9.17) is 22.9 Å². The highest BCUT2D eigenvalue weighted by Crippen LogP contribution is 2.22. The van der Waals surface area contributed by atoms with E-state index < -0.39 is 45.9 Å². The number of benzene rings is 2. The molecule has 14 heteroatoms. The summed E-state index contributed by atoms with van der Waals surface area (Å²) < 4.78 is 29.6. The van der Waals surface area contributed by atoms with Gasteiger partial charge in [-0.25, -0.2) is 8.42 Å². The van der Waals surface area contributed by atoms with Crippen molar-refractivity contribution in [1.82, 2.24) is 15.4 Å². The van der Waals surface area contributed by atoms with Crippen LogP contribution in [0.15, 0.2) is 52.4 Å². The maximum Gasteiger partial charge on any atom is 0.244 e. The molecule has 0 unspecified atom stereocenters. The molecule has 236 valence electrons. The predicted molar refractivity (Wildman–Crippen MR) is 166 cm³/mol. The highest BCUT2D eigenvalue weighted by molar-refractivity contribution is 7.89. The monoisotopic (exact) mass is 616 g/mol. The van der Waals surface area contributed by atoms with Crippen LogP contribution in [0.5, 0.6) is 0 Å². The van der Waals surface area contributed by atoms with E-state index in [-0.39, 0.29) is 36.7 Å². The normalized spacial score (nSPS) is 13.4. The Morgan fingerprint density at radius 1 is 0.837 bits per heavy atom. The van der Waals surface area contributed by atoms with Crippen molar-refractivity contribution < 1.29 is 22.8 Å². The Hall–Kier alpha value is -4.01. The van der Waals surface area contributed by atoms with Gasteiger partial charge in [0.2, 0.25) is 27.7 Å². The fraction of sp³-hybridized carbons (Fsp3) is 0.448. The zero-order chi connectivity index (χ0) is 32.2. The van der Waals surface area contributed by atoms with E-state index in [1.807, 2.05) is 6.92 Å². The summed E-state index contributed by atoms with van der Waals surface area (Å²) in [6.45, 7) is 5.76. The minimum Gasteiger partial charge on any atom is -0.370 e. The van der Waals surface area contributed by atoms with Gasteiger partial charge in [0.25, 0.3) is 0 Å². The Bertz CT molecular complexity index is 1370. The second kappa shape index (κ2) is 16.6. The van der Waals surface area contributed by atoms with Crippen LogP contribution in [0.25, 0.3) is 0 Å². The van der Waals surface area contributed by atoms with E-state index >= 15 is 0 Å². The van der Waals surface area contributed by atoms with E-state index in [1.54, 1.807) is 56.3 Å². The number of guanidine groups is 1. The molecular weight excluding hydrogens is 572 g/mol. The van der Waals surface area contributed by atoms with E-state index in [9.17, 15) is 22.8 Å². The number of nitrogens with two attached hydrogens (primary N) is 4. The summed E-state index contributed by atoms with van der Waals surface area (Å²) >= 11 is 0. The molecule has 0 radical (unpaired) electrons. The lowest BCUT2D eigenvalue weighted by Crippen LogP contribution is -2.54. The van der Waals surface area contributed by atoms with Gasteiger partial charge in [0.1, 0.15) is 18.1 Å². The third-order valence-corrected chi connectivity index (χ3v) is 8.49. The number of rotatable bonds is 17. The van der Waals surface area contributed by atoms with Crippen LogP contribution in [0.1, 0.15) is 60.4 Å². The van der Waals surface area contributed by atoms with Crippen molar-refractivity contribution in [2.45, 2.75) is 75.9 Å². The van der Waals surface area contributed by atoms with Crippen LogP contribution >= 0.6 is 0 Å². The van der Waals surface area contributed by atoms with Gasteiger partial charge >= 0.3 is 0 Å². The molecule has 3 amide bonds. The first kappa shape index (κ1) is 35.2. The number of amides is 3. The van der Waals surface area contributed by atoms with Crippen molar-refractivity contribution in [1.29, 1.82) is 0 Å². The minimum atomic E-state index is -4.15. The molecule has 0 aliphatic carbocycles. The van der Waals surface area contributed by atoms with Gasteiger partial charge in [0, 0.05) is 6.54 Å². The number of unbranched alkanes of at least 4 members (excludes halogenated alkanes) is 1. The second-order valence-electron chi connectivity index (χ2n) is 10.5. The number of carbonyl (C=O) groups excluding carboxylic acids is 3. The van der Waals surface area contributed by atoms with E-state index in [1.165, 1.54) is 0 Å². The van der Waals surface area contributed by atoms with Crippen LogP contribution < -0.4 is 38.3 Å². The number of carbonyl (C=O) groups is 3. The SMILES string of the molecule is Cc1cc(C)c(S(=O)(=O)N[C@@H](CCCN=C(N)N)C(=O)N[C@@H](CCCCN)C(=O)N[C@@H](C(N)=O)c2ccccc2)c(C)c1. The van der Waals surface area contributed by atoms with Crippen LogP contribution in [0.4, 0.5) is 0 Å². The molecule has 0 fully saturated rings. The number of sulfonamides is 1. The molecule has 2 rings (SSSR count). The lowest BCUT2D eigenvalue weighted by molar-refractivity contribution is -0.132. The Morgan fingerprint density at radius 3 is 1.98 bits per heavy atom. The average Bonchev–Trinajstić information content (AvgIpc) is 2.92. The number of aryl methyl sites for hydroxylation is 3. The molecule has 13 nitrogen and oxygen atoms in total. The fourth-order valence-electron chi connectivity index (χ4n) is 4.82. The summed E-state index contributed by atoms with van der Waals surface area (Å²) in [7, 11) is -4.15. The van der Waals surface area contributed by atoms with Crippen molar-refractivity contribution in [3.05, 3.63) is 64.7 Å². The van der Waals surface area contributed by atoms with Gasteiger partial charge in [-0.15, -0.1) is 0 Å². The highest BCUT2D eigenvalue weighted by atomic mass is 32.2. The fourth-order valence-corrected chi connectivity index (χ4v) is 6.51. The standard InChI is InChI=1S/C29H44N8O5S/c1-18-16-19(2)25(20(3)17-18)43(41,42)37-23(13-9-15-34-29(32)33)28(40)35-22(12-7-8-14-30)27(39)36-24(26(31)38)21-10-5-4-6-11-21/h4-6,10-11,16-17,22-24,37H,7-9,12-15,30H2,1-3H3,(H2,31,38)(H,35,40)(H,36,39)(H4,32,33,34)/t22-,23-,24+/m0/s1. The Kier molecular flexibility index (Phi) is 13.6. The van der Waals surface area contributed by atoms with Crippen LogP contribution in [-0.2, 0) is 24.4 Å². The van der Waals surface area contributed by atoms with Gasteiger partial charge in [-0.1, -0.05) is 48.0 Å². The molecule has 2 aromatic rings. The first-order chi connectivity index (χ1) is 20.3. The Morgan fingerprint density at radius 2 is 1.42 bits per heavy atom. The quantitative estimate of drug-likeness (QED) is 0.0737. The molecule has 3 atom stereocenters. The molecule has 0 saturated heterocycles. The molecule has 0 spiro atoms. The van der Waals surface area contributed by atoms with Crippen LogP contribution in [0, 0.1) is 20.8 Å². The Balaban J connectivity index is 2.36.